The second-order valence-corrected chi connectivity index (χ2v) is 12.7. The second kappa shape index (κ2) is 8.91. The molecule has 0 saturated carbocycles. The molecule has 144 valence electrons. The van der Waals surface area contributed by atoms with E-state index >= 15 is 0 Å². The molecule has 0 aromatic heterocycles. The highest BCUT2D eigenvalue weighted by Gasteiger charge is 2.33. The maximum Gasteiger partial charge on any atom is 0.163 e. The van der Waals surface area contributed by atoms with E-state index in [1.54, 1.807) is 0 Å². The van der Waals surface area contributed by atoms with Crippen LogP contribution in [0, 0.1) is 11.5 Å². The lowest BCUT2D eigenvalue weighted by Gasteiger charge is -2.18. The molecular formula is C20H30O5Si. The maximum atomic E-state index is 10.1. The van der Waals surface area contributed by atoms with Crippen molar-refractivity contribution in [1.82, 2.24) is 0 Å². The smallest absolute Gasteiger partial charge is 0.163 e. The Balaban J connectivity index is 1.83. The van der Waals surface area contributed by atoms with Crippen LogP contribution in [0.3, 0.4) is 0 Å². The van der Waals surface area contributed by atoms with Crippen LogP contribution in [0.4, 0.5) is 0 Å². The van der Waals surface area contributed by atoms with Gasteiger partial charge in [-0.15, -0.1) is 11.5 Å². The predicted molar refractivity (Wildman–Crippen MR) is 104 cm³/mol. The molecular weight excluding hydrogens is 348 g/mol. The van der Waals surface area contributed by atoms with E-state index in [0.29, 0.717) is 31.1 Å². The van der Waals surface area contributed by atoms with Gasteiger partial charge in [0.1, 0.15) is 27.4 Å². The molecule has 1 N–H and O–H groups in total. The molecule has 2 atom stereocenters. The van der Waals surface area contributed by atoms with Gasteiger partial charge in [-0.2, -0.15) is 0 Å². The summed E-state index contributed by atoms with van der Waals surface area (Å²) < 4.78 is 22.8. The Kier molecular flexibility index (Phi) is 7.13. The zero-order chi connectivity index (χ0) is 19.2. The lowest BCUT2D eigenvalue weighted by molar-refractivity contribution is -0.141. The van der Waals surface area contributed by atoms with Crippen LogP contribution >= 0.6 is 0 Å². The average Bonchev–Trinajstić information content (AvgIpc) is 2.89. The summed E-state index contributed by atoms with van der Waals surface area (Å²) in [5.74, 6) is 3.73. The minimum absolute atomic E-state index is 0.111. The van der Waals surface area contributed by atoms with Crippen LogP contribution in [0.1, 0.15) is 20.3 Å². The number of para-hydroxylation sites is 2. The van der Waals surface area contributed by atoms with Crippen molar-refractivity contribution in [2.75, 3.05) is 19.8 Å². The van der Waals surface area contributed by atoms with Gasteiger partial charge in [0.05, 0.1) is 12.7 Å². The molecule has 1 aliphatic heterocycles. The fourth-order valence-corrected chi connectivity index (χ4v) is 3.03. The van der Waals surface area contributed by atoms with Crippen molar-refractivity contribution in [2.24, 2.45) is 0 Å². The van der Waals surface area contributed by atoms with Gasteiger partial charge >= 0.3 is 0 Å². The van der Waals surface area contributed by atoms with E-state index in [2.05, 4.69) is 31.1 Å². The summed E-state index contributed by atoms with van der Waals surface area (Å²) in [7, 11) is -1.41. The summed E-state index contributed by atoms with van der Waals surface area (Å²) in [4.78, 5) is 0. The van der Waals surface area contributed by atoms with Crippen LogP contribution in [0.2, 0.25) is 19.6 Å². The van der Waals surface area contributed by atoms with Crippen molar-refractivity contribution in [1.29, 1.82) is 0 Å². The van der Waals surface area contributed by atoms with Crippen molar-refractivity contribution < 1.29 is 24.1 Å². The number of hydrogen-bond donors (Lipinski definition) is 1. The quantitative estimate of drug-likeness (QED) is 0.583. The molecule has 0 unspecified atom stereocenters. The molecule has 1 saturated heterocycles. The van der Waals surface area contributed by atoms with Gasteiger partial charge in [0.25, 0.3) is 0 Å². The Morgan fingerprint density at radius 2 is 1.88 bits per heavy atom. The minimum atomic E-state index is -1.41. The van der Waals surface area contributed by atoms with Gasteiger partial charge in [0.15, 0.2) is 17.3 Å². The molecule has 5 nitrogen and oxygen atoms in total. The molecule has 1 heterocycles. The lowest BCUT2D eigenvalue weighted by atomic mass is 10.3. The van der Waals surface area contributed by atoms with Gasteiger partial charge in [-0.3, -0.25) is 0 Å². The number of hydrogen-bond acceptors (Lipinski definition) is 5. The first-order valence-corrected chi connectivity index (χ1v) is 12.5. The Bertz CT molecular complexity index is 642. The van der Waals surface area contributed by atoms with Gasteiger partial charge in [-0.05, 0) is 26.0 Å². The van der Waals surface area contributed by atoms with Crippen molar-refractivity contribution in [3.05, 3.63) is 24.3 Å². The number of ether oxygens (including phenoxy) is 4. The largest absolute Gasteiger partial charge is 0.487 e. The van der Waals surface area contributed by atoms with Gasteiger partial charge in [0, 0.05) is 6.42 Å². The van der Waals surface area contributed by atoms with E-state index in [-0.39, 0.29) is 12.7 Å². The number of aliphatic hydroxyl groups excluding tert-OH is 1. The van der Waals surface area contributed by atoms with Crippen LogP contribution in [0.25, 0.3) is 0 Å². The van der Waals surface area contributed by atoms with E-state index in [4.69, 9.17) is 18.9 Å². The zero-order valence-corrected chi connectivity index (χ0v) is 17.4. The molecule has 1 aliphatic rings. The summed E-state index contributed by atoms with van der Waals surface area (Å²) >= 11 is 0. The summed E-state index contributed by atoms with van der Waals surface area (Å²) in [6, 6.07) is 7.42. The monoisotopic (exact) mass is 378 g/mol. The van der Waals surface area contributed by atoms with Crippen molar-refractivity contribution in [2.45, 2.75) is 57.9 Å². The topological polar surface area (TPSA) is 57.2 Å². The molecule has 1 aromatic rings. The first-order chi connectivity index (χ1) is 12.1. The summed E-state index contributed by atoms with van der Waals surface area (Å²) in [5.41, 5.74) is 3.24. The van der Waals surface area contributed by atoms with E-state index < -0.39 is 20.0 Å². The second-order valence-electron chi connectivity index (χ2n) is 7.93. The Morgan fingerprint density at radius 1 is 1.23 bits per heavy atom. The van der Waals surface area contributed by atoms with E-state index in [1.807, 2.05) is 38.1 Å². The predicted octanol–water partition coefficient (Wildman–Crippen LogP) is 3.23. The number of benzene rings is 1. The highest BCUT2D eigenvalue weighted by Crippen LogP contribution is 2.28. The third-order valence-corrected chi connectivity index (χ3v) is 4.50. The Hall–Kier alpha value is -1.52. The molecule has 0 bridgehead atoms. The fourth-order valence-electron chi connectivity index (χ4n) is 2.40. The molecule has 0 radical (unpaired) electrons. The third-order valence-electron chi connectivity index (χ3n) is 3.57. The fraction of sp³-hybridized carbons (Fsp3) is 0.600. The first kappa shape index (κ1) is 20.8. The van der Waals surface area contributed by atoms with Crippen molar-refractivity contribution >= 4 is 8.07 Å². The molecule has 1 fully saturated rings. The summed E-state index contributed by atoms with van der Waals surface area (Å²) in [6.07, 6.45) is -0.324. The minimum Gasteiger partial charge on any atom is -0.487 e. The highest BCUT2D eigenvalue weighted by atomic mass is 28.3. The van der Waals surface area contributed by atoms with Gasteiger partial charge < -0.3 is 24.1 Å². The first-order valence-electron chi connectivity index (χ1n) is 8.99. The molecule has 0 amide bonds. The van der Waals surface area contributed by atoms with Crippen LogP contribution in [-0.2, 0) is 9.47 Å². The zero-order valence-electron chi connectivity index (χ0n) is 16.4. The standard InChI is InChI=1S/C20H30O5Si/c1-20(2)24-15-17(25-20)14-23-19-11-7-6-10-18(19)22-13-16(21)9-8-12-26(3,4)5/h6-7,10-11,16-17,21H,9,13-15H2,1-5H3/t16-,17-/m1/s1. The molecule has 0 aliphatic carbocycles. The van der Waals surface area contributed by atoms with Crippen molar-refractivity contribution in [3.63, 3.8) is 0 Å². The average molecular weight is 379 g/mol. The van der Waals surface area contributed by atoms with E-state index in [1.165, 1.54) is 0 Å². The van der Waals surface area contributed by atoms with Crippen molar-refractivity contribution in [3.8, 4) is 23.0 Å². The van der Waals surface area contributed by atoms with Crippen LogP contribution in [0.15, 0.2) is 24.3 Å². The molecule has 6 heteroatoms. The summed E-state index contributed by atoms with van der Waals surface area (Å²) in [5, 5.41) is 10.1. The van der Waals surface area contributed by atoms with Gasteiger partial charge in [0.2, 0.25) is 0 Å². The van der Waals surface area contributed by atoms with E-state index in [9.17, 15) is 5.11 Å². The summed E-state index contributed by atoms with van der Waals surface area (Å²) in [6.45, 7) is 11.4. The third kappa shape index (κ3) is 7.38. The van der Waals surface area contributed by atoms with Crippen LogP contribution < -0.4 is 9.47 Å². The highest BCUT2D eigenvalue weighted by molar-refractivity contribution is 6.83. The molecule has 0 spiro atoms. The lowest BCUT2D eigenvalue weighted by Crippen LogP contribution is -2.25. The van der Waals surface area contributed by atoms with E-state index in [0.717, 1.165) is 0 Å². The molecule has 2 rings (SSSR count). The molecule has 26 heavy (non-hydrogen) atoms. The number of rotatable bonds is 7. The SMILES string of the molecule is CC1(C)OC[C@@H](COc2ccccc2OC[C@H](O)CC#C[Si](C)(C)C)O1. The van der Waals surface area contributed by atoms with Crippen LogP contribution in [0.5, 0.6) is 11.5 Å². The maximum absolute atomic E-state index is 10.1. The van der Waals surface area contributed by atoms with Gasteiger partial charge in [-0.1, -0.05) is 31.8 Å². The molecule has 1 aromatic carbocycles. The Morgan fingerprint density at radius 3 is 2.46 bits per heavy atom. The van der Waals surface area contributed by atoms with Crippen LogP contribution in [-0.4, -0.2) is 51.0 Å². The van der Waals surface area contributed by atoms with Gasteiger partial charge in [-0.25, -0.2) is 0 Å². The number of aliphatic hydroxyl groups is 1. The normalized spacial score (nSPS) is 20.2. The Labute approximate surface area is 157 Å².